The zero-order valence-corrected chi connectivity index (χ0v) is 18.3. The molecule has 1 aromatic carbocycles. The molecule has 0 aliphatic carbocycles. The summed E-state index contributed by atoms with van der Waals surface area (Å²) in [6.07, 6.45) is 4.51. The molecule has 2 saturated heterocycles. The van der Waals surface area contributed by atoms with Crippen molar-refractivity contribution in [3.8, 4) is 5.75 Å². The maximum absolute atomic E-state index is 5.81. The van der Waals surface area contributed by atoms with Crippen molar-refractivity contribution in [2.45, 2.75) is 51.0 Å². The maximum atomic E-state index is 5.81. The summed E-state index contributed by atoms with van der Waals surface area (Å²) in [7, 11) is 1.71. The predicted molar refractivity (Wildman–Crippen MR) is 117 cm³/mol. The Morgan fingerprint density at radius 2 is 1.86 bits per heavy atom. The van der Waals surface area contributed by atoms with Gasteiger partial charge >= 0.3 is 0 Å². The van der Waals surface area contributed by atoms with Crippen LogP contribution in [-0.4, -0.2) is 70.1 Å². The van der Waals surface area contributed by atoms with E-state index in [1.165, 1.54) is 5.56 Å². The van der Waals surface area contributed by atoms with E-state index in [0.29, 0.717) is 6.10 Å². The Morgan fingerprint density at radius 3 is 2.45 bits per heavy atom. The van der Waals surface area contributed by atoms with Crippen LogP contribution >= 0.6 is 0 Å². The molecule has 0 spiro atoms. The molecule has 0 atom stereocenters. The molecule has 0 radical (unpaired) electrons. The summed E-state index contributed by atoms with van der Waals surface area (Å²) in [5.74, 6) is 1.92. The highest BCUT2D eigenvalue weighted by molar-refractivity contribution is 5.80. The predicted octanol–water partition coefficient (Wildman–Crippen LogP) is 3.21. The van der Waals surface area contributed by atoms with Gasteiger partial charge < -0.3 is 24.4 Å². The Labute approximate surface area is 175 Å². The first kappa shape index (κ1) is 21.9. The number of rotatable bonds is 7. The smallest absolute Gasteiger partial charge is 0.193 e. The quantitative estimate of drug-likeness (QED) is 0.560. The first-order valence-corrected chi connectivity index (χ1v) is 11.1. The molecule has 1 N–H and O–H groups in total. The second-order valence-electron chi connectivity index (χ2n) is 7.93. The molecule has 162 valence electrons. The van der Waals surface area contributed by atoms with Crippen molar-refractivity contribution in [1.29, 1.82) is 0 Å². The van der Waals surface area contributed by atoms with Gasteiger partial charge in [0.15, 0.2) is 5.96 Å². The monoisotopic (exact) mass is 403 g/mol. The number of guanidine groups is 1. The van der Waals surface area contributed by atoms with Gasteiger partial charge in [0.1, 0.15) is 5.75 Å². The van der Waals surface area contributed by atoms with Gasteiger partial charge in [0.05, 0.1) is 19.8 Å². The minimum Gasteiger partial charge on any atom is -0.497 e. The van der Waals surface area contributed by atoms with Crippen molar-refractivity contribution in [2.75, 3.05) is 53.1 Å². The topological polar surface area (TPSA) is 55.3 Å². The third-order valence-electron chi connectivity index (χ3n) is 6.16. The van der Waals surface area contributed by atoms with Crippen molar-refractivity contribution in [1.82, 2.24) is 10.2 Å². The summed E-state index contributed by atoms with van der Waals surface area (Å²) in [5, 5.41) is 3.51. The third kappa shape index (κ3) is 5.64. The van der Waals surface area contributed by atoms with Crippen molar-refractivity contribution in [2.24, 2.45) is 4.99 Å². The highest BCUT2D eigenvalue weighted by Crippen LogP contribution is 2.36. The van der Waals surface area contributed by atoms with Crippen LogP contribution in [0.15, 0.2) is 29.3 Å². The molecule has 29 heavy (non-hydrogen) atoms. The molecule has 6 heteroatoms. The average molecular weight is 404 g/mol. The summed E-state index contributed by atoms with van der Waals surface area (Å²) in [6.45, 7) is 10.2. The number of piperidine rings is 1. The van der Waals surface area contributed by atoms with E-state index in [1.54, 1.807) is 7.11 Å². The molecular weight excluding hydrogens is 366 g/mol. The molecule has 2 fully saturated rings. The number of methoxy groups -OCH3 is 1. The van der Waals surface area contributed by atoms with E-state index < -0.39 is 0 Å². The van der Waals surface area contributed by atoms with E-state index >= 15 is 0 Å². The zero-order chi connectivity index (χ0) is 20.5. The van der Waals surface area contributed by atoms with E-state index in [2.05, 4.69) is 48.3 Å². The molecule has 0 bridgehead atoms. The molecule has 6 nitrogen and oxygen atoms in total. The molecule has 0 unspecified atom stereocenters. The highest BCUT2D eigenvalue weighted by Gasteiger charge is 2.35. The van der Waals surface area contributed by atoms with Crippen molar-refractivity contribution < 1.29 is 14.2 Å². The van der Waals surface area contributed by atoms with Gasteiger partial charge in [0, 0.05) is 44.9 Å². The summed E-state index contributed by atoms with van der Waals surface area (Å²) in [4.78, 5) is 7.52. The largest absolute Gasteiger partial charge is 0.497 e. The van der Waals surface area contributed by atoms with Crippen LogP contribution in [0.1, 0.15) is 45.1 Å². The number of aliphatic imine (C=N–C) groups is 1. The first-order valence-electron chi connectivity index (χ1n) is 11.1. The van der Waals surface area contributed by atoms with Gasteiger partial charge in [-0.15, -0.1) is 0 Å². The van der Waals surface area contributed by atoms with Gasteiger partial charge in [-0.25, -0.2) is 0 Å². The number of benzene rings is 1. The first-order chi connectivity index (χ1) is 14.2. The van der Waals surface area contributed by atoms with Gasteiger partial charge in [-0.3, -0.25) is 4.99 Å². The Hall–Kier alpha value is -1.79. The Morgan fingerprint density at radius 1 is 1.17 bits per heavy atom. The molecule has 0 amide bonds. The molecule has 0 aromatic heterocycles. The van der Waals surface area contributed by atoms with E-state index in [-0.39, 0.29) is 5.41 Å². The normalized spacial score (nSPS) is 20.5. The minimum atomic E-state index is 0.0227. The van der Waals surface area contributed by atoms with E-state index in [9.17, 15) is 0 Å². The van der Waals surface area contributed by atoms with Gasteiger partial charge in [-0.05, 0) is 57.2 Å². The summed E-state index contributed by atoms with van der Waals surface area (Å²) in [5.41, 5.74) is 1.35. The van der Waals surface area contributed by atoms with Crippen LogP contribution in [0.4, 0.5) is 0 Å². The van der Waals surface area contributed by atoms with Crippen LogP contribution < -0.4 is 10.1 Å². The second-order valence-corrected chi connectivity index (χ2v) is 7.93. The lowest BCUT2D eigenvalue weighted by atomic mass is 9.74. The van der Waals surface area contributed by atoms with E-state index in [4.69, 9.17) is 19.2 Å². The summed E-state index contributed by atoms with van der Waals surface area (Å²) >= 11 is 0. The number of likely N-dealkylation sites (tertiary alicyclic amines) is 1. The molecule has 2 aliphatic rings. The lowest BCUT2D eigenvalue weighted by Crippen LogP contribution is -2.48. The van der Waals surface area contributed by atoms with Gasteiger partial charge in [-0.2, -0.15) is 0 Å². The number of hydrogen-bond acceptors (Lipinski definition) is 4. The lowest BCUT2D eigenvalue weighted by molar-refractivity contribution is 0.0262. The maximum Gasteiger partial charge on any atom is 0.193 e. The van der Waals surface area contributed by atoms with Crippen LogP contribution in [0, 0.1) is 0 Å². The minimum absolute atomic E-state index is 0.0227. The SMILES string of the molecule is CCNC(=NCC1(c2ccc(OC)cc2)CCOCC1)N1CCC(OCC)CC1. The van der Waals surface area contributed by atoms with Crippen molar-refractivity contribution >= 4 is 5.96 Å². The fraction of sp³-hybridized carbons (Fsp3) is 0.696. The Kier molecular flexibility index (Phi) is 8.19. The van der Waals surface area contributed by atoms with Gasteiger partial charge in [0.2, 0.25) is 0 Å². The van der Waals surface area contributed by atoms with E-state index in [0.717, 1.165) is 83.4 Å². The molecule has 0 saturated carbocycles. The standard InChI is InChI=1S/C23H37N3O3/c1-4-24-22(26-14-10-21(11-15-26)29-5-2)25-18-23(12-16-28-17-13-23)19-6-8-20(27-3)9-7-19/h6-9,21H,4-5,10-18H2,1-3H3,(H,24,25). The van der Waals surface area contributed by atoms with Crippen LogP contribution in [0.2, 0.25) is 0 Å². The lowest BCUT2D eigenvalue weighted by Gasteiger charge is -2.38. The van der Waals surface area contributed by atoms with Crippen LogP contribution in [0.3, 0.4) is 0 Å². The fourth-order valence-corrected chi connectivity index (χ4v) is 4.37. The Bertz CT molecular complexity index is 633. The van der Waals surface area contributed by atoms with Crippen LogP contribution in [0.5, 0.6) is 5.75 Å². The van der Waals surface area contributed by atoms with Crippen molar-refractivity contribution in [3.05, 3.63) is 29.8 Å². The molecule has 1 aromatic rings. The van der Waals surface area contributed by atoms with Crippen molar-refractivity contribution in [3.63, 3.8) is 0 Å². The van der Waals surface area contributed by atoms with Gasteiger partial charge in [0.25, 0.3) is 0 Å². The molecule has 2 heterocycles. The summed E-state index contributed by atoms with van der Waals surface area (Å²) < 4.78 is 16.8. The molecule has 3 rings (SSSR count). The van der Waals surface area contributed by atoms with Gasteiger partial charge in [-0.1, -0.05) is 12.1 Å². The molecular formula is C23H37N3O3. The third-order valence-corrected chi connectivity index (χ3v) is 6.16. The van der Waals surface area contributed by atoms with Crippen LogP contribution in [-0.2, 0) is 14.9 Å². The average Bonchev–Trinajstić information content (AvgIpc) is 2.78. The second kappa shape index (κ2) is 10.8. The number of ether oxygens (including phenoxy) is 3. The number of nitrogens with zero attached hydrogens (tertiary/aromatic N) is 2. The van der Waals surface area contributed by atoms with E-state index in [1.807, 2.05) is 0 Å². The van der Waals surface area contributed by atoms with Crippen LogP contribution in [0.25, 0.3) is 0 Å². The zero-order valence-electron chi connectivity index (χ0n) is 18.3. The highest BCUT2D eigenvalue weighted by atomic mass is 16.5. The molecule has 2 aliphatic heterocycles. The summed E-state index contributed by atoms with van der Waals surface area (Å²) in [6, 6.07) is 8.50. The number of hydrogen-bond donors (Lipinski definition) is 1. The number of nitrogens with one attached hydrogen (secondary N) is 1. The fourth-order valence-electron chi connectivity index (χ4n) is 4.37. The Balaban J connectivity index is 1.75.